The van der Waals surface area contributed by atoms with Gasteiger partial charge < -0.3 is 10.2 Å². The molecule has 5 nitrogen and oxygen atoms in total. The molecular formula is C26H27F2N3O2S. The van der Waals surface area contributed by atoms with E-state index in [1.165, 1.54) is 35.6 Å². The Kier molecular flexibility index (Phi) is 7.36. The SMILES string of the molecule is Cc1nc(-c2ccc(F)cc2)sc1C(=O)N1CCC([C@H](C)C(=O)NCc2ccc(F)cc2)CC1. The molecule has 4 rings (SSSR count). The maximum atomic E-state index is 13.2. The molecule has 178 valence electrons. The number of likely N-dealkylation sites (tertiary alicyclic amines) is 1. The third-order valence-electron chi connectivity index (χ3n) is 6.41. The normalized spacial score (nSPS) is 15.2. The predicted octanol–water partition coefficient (Wildman–Crippen LogP) is 5.20. The van der Waals surface area contributed by atoms with Crippen molar-refractivity contribution in [3.05, 3.63) is 76.3 Å². The van der Waals surface area contributed by atoms with Crippen molar-refractivity contribution in [2.75, 3.05) is 13.1 Å². The molecule has 0 spiro atoms. The number of carbonyl (C=O) groups is 2. The fourth-order valence-electron chi connectivity index (χ4n) is 4.22. The molecule has 0 bridgehead atoms. The van der Waals surface area contributed by atoms with Gasteiger partial charge in [0.2, 0.25) is 5.91 Å². The number of nitrogens with zero attached hydrogens (tertiary/aromatic N) is 2. The summed E-state index contributed by atoms with van der Waals surface area (Å²) in [6, 6.07) is 12.2. The molecule has 2 heterocycles. The molecule has 0 radical (unpaired) electrons. The number of hydrogen-bond donors (Lipinski definition) is 1. The predicted molar refractivity (Wildman–Crippen MR) is 128 cm³/mol. The first kappa shape index (κ1) is 24.0. The van der Waals surface area contributed by atoms with E-state index in [-0.39, 0.29) is 35.3 Å². The second-order valence-electron chi connectivity index (χ2n) is 8.70. The highest BCUT2D eigenvalue weighted by Crippen LogP contribution is 2.31. The molecule has 0 saturated carbocycles. The molecule has 0 aliphatic carbocycles. The topological polar surface area (TPSA) is 62.3 Å². The van der Waals surface area contributed by atoms with Crippen molar-refractivity contribution in [3.8, 4) is 10.6 Å². The van der Waals surface area contributed by atoms with E-state index in [9.17, 15) is 18.4 Å². The summed E-state index contributed by atoms with van der Waals surface area (Å²) in [5, 5.41) is 3.63. The average Bonchev–Trinajstić information content (AvgIpc) is 3.24. The first-order chi connectivity index (χ1) is 16.3. The van der Waals surface area contributed by atoms with Gasteiger partial charge in [-0.2, -0.15) is 0 Å². The molecule has 1 atom stereocenters. The molecule has 1 saturated heterocycles. The van der Waals surface area contributed by atoms with E-state index in [1.807, 2.05) is 18.7 Å². The second-order valence-corrected chi connectivity index (χ2v) is 9.70. The van der Waals surface area contributed by atoms with Crippen LogP contribution >= 0.6 is 11.3 Å². The van der Waals surface area contributed by atoms with Gasteiger partial charge in [-0.25, -0.2) is 13.8 Å². The van der Waals surface area contributed by atoms with Crippen molar-refractivity contribution in [1.82, 2.24) is 15.2 Å². The van der Waals surface area contributed by atoms with Crippen LogP contribution in [0.3, 0.4) is 0 Å². The number of piperidine rings is 1. The molecule has 1 aliphatic rings. The lowest BCUT2D eigenvalue weighted by molar-refractivity contribution is -0.126. The van der Waals surface area contributed by atoms with Crippen molar-refractivity contribution >= 4 is 23.2 Å². The van der Waals surface area contributed by atoms with Gasteiger partial charge in [0.1, 0.15) is 21.5 Å². The lowest BCUT2D eigenvalue weighted by Gasteiger charge is -2.34. The second kappa shape index (κ2) is 10.4. The van der Waals surface area contributed by atoms with Gasteiger partial charge in [-0.3, -0.25) is 9.59 Å². The van der Waals surface area contributed by atoms with Crippen molar-refractivity contribution < 1.29 is 18.4 Å². The highest BCUT2D eigenvalue weighted by atomic mass is 32.1. The van der Waals surface area contributed by atoms with Gasteiger partial charge in [-0.1, -0.05) is 19.1 Å². The maximum Gasteiger partial charge on any atom is 0.265 e. The maximum absolute atomic E-state index is 13.2. The van der Waals surface area contributed by atoms with Crippen LogP contribution in [0.1, 0.15) is 40.7 Å². The van der Waals surface area contributed by atoms with Crippen LogP contribution in [0, 0.1) is 30.4 Å². The van der Waals surface area contributed by atoms with E-state index in [0.29, 0.717) is 35.2 Å². The molecule has 1 N–H and O–H groups in total. The Morgan fingerprint density at radius 1 is 1.06 bits per heavy atom. The zero-order valence-corrected chi connectivity index (χ0v) is 20.0. The number of hydrogen-bond acceptors (Lipinski definition) is 4. The summed E-state index contributed by atoms with van der Waals surface area (Å²) in [5.74, 6) is -0.673. The molecule has 2 amide bonds. The first-order valence-electron chi connectivity index (χ1n) is 11.4. The van der Waals surface area contributed by atoms with Crippen molar-refractivity contribution in [2.45, 2.75) is 33.2 Å². The van der Waals surface area contributed by atoms with Gasteiger partial charge >= 0.3 is 0 Å². The molecule has 1 fully saturated rings. The minimum Gasteiger partial charge on any atom is -0.352 e. The molecule has 8 heteroatoms. The molecule has 1 aliphatic heterocycles. The van der Waals surface area contributed by atoms with Crippen LogP contribution in [0.4, 0.5) is 8.78 Å². The van der Waals surface area contributed by atoms with Crippen LogP contribution in [0.15, 0.2) is 48.5 Å². The van der Waals surface area contributed by atoms with Gasteiger partial charge in [0.15, 0.2) is 0 Å². The van der Waals surface area contributed by atoms with Crippen LogP contribution in [0.5, 0.6) is 0 Å². The van der Waals surface area contributed by atoms with Crippen molar-refractivity contribution in [1.29, 1.82) is 0 Å². The smallest absolute Gasteiger partial charge is 0.265 e. The minimum absolute atomic E-state index is 0.0312. The molecular weight excluding hydrogens is 456 g/mol. The molecule has 34 heavy (non-hydrogen) atoms. The lowest BCUT2D eigenvalue weighted by Crippen LogP contribution is -2.42. The number of halogens is 2. The van der Waals surface area contributed by atoms with Gasteiger partial charge in [0.05, 0.1) is 5.69 Å². The quantitative estimate of drug-likeness (QED) is 0.524. The number of carbonyl (C=O) groups excluding carboxylic acids is 2. The number of nitrogens with one attached hydrogen (secondary N) is 1. The third-order valence-corrected chi connectivity index (χ3v) is 7.60. The summed E-state index contributed by atoms with van der Waals surface area (Å²) in [6.07, 6.45) is 1.50. The summed E-state index contributed by atoms with van der Waals surface area (Å²) < 4.78 is 26.3. The van der Waals surface area contributed by atoms with Crippen LogP contribution in [0.25, 0.3) is 10.6 Å². The fraction of sp³-hybridized carbons (Fsp3) is 0.346. The minimum atomic E-state index is -0.311. The molecule has 2 aromatic carbocycles. The number of benzene rings is 2. The summed E-state index contributed by atoms with van der Waals surface area (Å²) in [7, 11) is 0. The molecule has 0 unspecified atom stereocenters. The number of amides is 2. The number of aryl methyl sites for hydroxylation is 1. The van der Waals surface area contributed by atoms with Gasteiger partial charge in [-0.05, 0) is 67.6 Å². The fourth-order valence-corrected chi connectivity index (χ4v) is 5.26. The van der Waals surface area contributed by atoms with Crippen LogP contribution in [0.2, 0.25) is 0 Å². The lowest BCUT2D eigenvalue weighted by atomic mass is 9.84. The van der Waals surface area contributed by atoms with E-state index in [4.69, 9.17) is 0 Å². The van der Waals surface area contributed by atoms with Crippen LogP contribution in [-0.4, -0.2) is 34.8 Å². The zero-order chi connectivity index (χ0) is 24.2. The zero-order valence-electron chi connectivity index (χ0n) is 19.2. The Balaban J connectivity index is 1.31. The van der Waals surface area contributed by atoms with Crippen LogP contribution in [-0.2, 0) is 11.3 Å². The number of aromatic nitrogens is 1. The van der Waals surface area contributed by atoms with E-state index < -0.39 is 0 Å². The summed E-state index contributed by atoms with van der Waals surface area (Å²) in [6.45, 7) is 5.27. The summed E-state index contributed by atoms with van der Waals surface area (Å²) in [5.41, 5.74) is 2.31. The van der Waals surface area contributed by atoms with Crippen molar-refractivity contribution in [2.24, 2.45) is 11.8 Å². The Hall–Kier alpha value is -3.13. The standard InChI is InChI=1S/C26H27F2N3O2S/c1-16(24(32)29-15-18-3-7-21(27)8-4-18)19-11-13-31(14-12-19)26(33)23-17(2)30-25(34-23)20-5-9-22(28)10-6-20/h3-10,16,19H,11-15H2,1-2H3,(H,29,32)/t16-/m0/s1. The Morgan fingerprint density at radius 3 is 2.26 bits per heavy atom. The first-order valence-corrected chi connectivity index (χ1v) is 12.2. The highest BCUT2D eigenvalue weighted by molar-refractivity contribution is 7.17. The average molecular weight is 484 g/mol. The van der Waals surface area contributed by atoms with E-state index >= 15 is 0 Å². The van der Waals surface area contributed by atoms with Crippen LogP contribution < -0.4 is 5.32 Å². The van der Waals surface area contributed by atoms with E-state index in [2.05, 4.69) is 10.3 Å². The third kappa shape index (κ3) is 5.50. The Morgan fingerprint density at radius 2 is 1.65 bits per heavy atom. The van der Waals surface area contributed by atoms with E-state index in [1.54, 1.807) is 24.3 Å². The summed E-state index contributed by atoms with van der Waals surface area (Å²) in [4.78, 5) is 32.7. The summed E-state index contributed by atoms with van der Waals surface area (Å²) >= 11 is 1.33. The molecule has 1 aromatic heterocycles. The highest BCUT2D eigenvalue weighted by Gasteiger charge is 2.31. The molecule has 3 aromatic rings. The van der Waals surface area contributed by atoms with E-state index in [0.717, 1.165) is 24.0 Å². The largest absolute Gasteiger partial charge is 0.352 e. The number of rotatable bonds is 6. The number of thiazole rings is 1. The van der Waals surface area contributed by atoms with Gasteiger partial charge in [0.25, 0.3) is 5.91 Å². The Labute approximate surface area is 201 Å². The van der Waals surface area contributed by atoms with Gasteiger partial charge in [-0.15, -0.1) is 11.3 Å². The monoisotopic (exact) mass is 483 g/mol. The van der Waals surface area contributed by atoms with Crippen molar-refractivity contribution in [3.63, 3.8) is 0 Å². The van der Waals surface area contributed by atoms with Gasteiger partial charge in [0, 0.05) is 31.1 Å². The Bertz CT molecular complexity index is 1150.